The lowest BCUT2D eigenvalue weighted by Crippen LogP contribution is -2.44. The Morgan fingerprint density at radius 3 is 2.25 bits per heavy atom. The summed E-state index contributed by atoms with van der Waals surface area (Å²) in [4.78, 5) is 31.8. The maximum atomic E-state index is 13.6. The minimum absolute atomic E-state index is 0.221. The van der Waals surface area contributed by atoms with E-state index in [0.29, 0.717) is 22.9 Å². The van der Waals surface area contributed by atoms with Crippen LogP contribution in [0.5, 0.6) is 0 Å². The molecule has 5 aromatic rings. The fourth-order valence-electron chi connectivity index (χ4n) is 4.59. The highest BCUT2D eigenvalue weighted by molar-refractivity contribution is 6.37. The third-order valence-electron chi connectivity index (χ3n) is 6.73. The van der Waals surface area contributed by atoms with Crippen molar-refractivity contribution in [3.8, 4) is 17.1 Å². The van der Waals surface area contributed by atoms with Gasteiger partial charge in [0.15, 0.2) is 0 Å². The summed E-state index contributed by atoms with van der Waals surface area (Å²) in [6.07, 6.45) is 1.46. The highest BCUT2D eigenvalue weighted by Crippen LogP contribution is 2.30. The van der Waals surface area contributed by atoms with Crippen molar-refractivity contribution in [1.29, 1.82) is 0 Å². The van der Waals surface area contributed by atoms with Crippen LogP contribution in [0.1, 0.15) is 0 Å². The number of likely N-dealkylation sites (N-methyl/N-ethyl adjacent to an activating group) is 1. The molecule has 12 heteroatoms. The SMILES string of the molecule is CN1CCN(c2ccc(Nc3ncc4c(=O)n(-c5c(Cl)cccc5Cl)nc(-c5cccc(Cl)n5)c4n3)cc2)CC1. The number of hydrogen-bond acceptors (Lipinski definition) is 8. The van der Waals surface area contributed by atoms with Crippen LogP contribution in [-0.2, 0) is 0 Å². The van der Waals surface area contributed by atoms with E-state index in [1.165, 1.54) is 6.20 Å². The molecule has 0 bridgehead atoms. The third-order valence-corrected chi connectivity index (χ3v) is 7.56. The van der Waals surface area contributed by atoms with Crippen molar-refractivity contribution >= 4 is 63.0 Å². The van der Waals surface area contributed by atoms with Crippen LogP contribution in [-0.4, -0.2) is 62.9 Å². The average molecular weight is 594 g/mol. The molecule has 1 N–H and O–H groups in total. The van der Waals surface area contributed by atoms with E-state index < -0.39 is 5.56 Å². The van der Waals surface area contributed by atoms with Gasteiger partial charge in [-0.1, -0.05) is 46.9 Å². The first-order valence-corrected chi connectivity index (χ1v) is 13.7. The van der Waals surface area contributed by atoms with Crippen LogP contribution in [0, 0.1) is 0 Å². The fourth-order valence-corrected chi connectivity index (χ4v) is 5.31. The second-order valence-electron chi connectivity index (χ2n) is 9.40. The van der Waals surface area contributed by atoms with Crippen LogP contribution in [0.3, 0.4) is 0 Å². The van der Waals surface area contributed by atoms with Gasteiger partial charge in [0, 0.05) is 43.8 Å². The van der Waals surface area contributed by atoms with Crippen LogP contribution in [0.4, 0.5) is 17.3 Å². The van der Waals surface area contributed by atoms with E-state index in [9.17, 15) is 4.79 Å². The second kappa shape index (κ2) is 11.0. The number of rotatable bonds is 5. The van der Waals surface area contributed by atoms with Gasteiger partial charge in [-0.2, -0.15) is 9.78 Å². The van der Waals surface area contributed by atoms with Crippen molar-refractivity contribution in [3.63, 3.8) is 0 Å². The van der Waals surface area contributed by atoms with Crippen molar-refractivity contribution in [2.45, 2.75) is 0 Å². The second-order valence-corrected chi connectivity index (χ2v) is 10.6. The number of nitrogens with zero attached hydrogens (tertiary/aromatic N) is 7. The standard InChI is InChI=1S/C28H23Cl3N8O/c1-37-12-14-38(15-13-37)18-10-8-17(9-11-18)33-28-32-16-19-24(35-28)25(22-6-3-7-23(31)34-22)36-39(27(19)40)26-20(29)4-2-5-21(26)30/h2-11,16H,12-15H2,1H3,(H,32,33,35). The first kappa shape index (κ1) is 26.5. The van der Waals surface area contributed by atoms with Gasteiger partial charge in [-0.05, 0) is 55.6 Å². The monoisotopic (exact) mass is 592 g/mol. The average Bonchev–Trinajstić information content (AvgIpc) is 2.95. The molecule has 2 aromatic carbocycles. The number of pyridine rings is 1. The number of para-hydroxylation sites is 1. The first-order valence-electron chi connectivity index (χ1n) is 12.6. The normalized spacial score (nSPS) is 14.1. The number of aromatic nitrogens is 5. The summed E-state index contributed by atoms with van der Waals surface area (Å²) < 4.78 is 1.15. The molecule has 0 atom stereocenters. The summed E-state index contributed by atoms with van der Waals surface area (Å²) in [6.45, 7) is 4.04. The molecule has 9 nitrogen and oxygen atoms in total. The van der Waals surface area contributed by atoms with Crippen molar-refractivity contribution in [1.82, 2.24) is 29.6 Å². The van der Waals surface area contributed by atoms with Crippen molar-refractivity contribution in [3.05, 3.63) is 92.4 Å². The zero-order valence-electron chi connectivity index (χ0n) is 21.4. The van der Waals surface area contributed by atoms with Gasteiger partial charge in [0.1, 0.15) is 22.1 Å². The Bertz CT molecular complexity index is 1750. The Hall–Kier alpha value is -3.76. The first-order chi connectivity index (χ1) is 19.4. The van der Waals surface area contributed by atoms with Crippen LogP contribution in [0.2, 0.25) is 15.2 Å². The molecular weight excluding hydrogens is 571 g/mol. The molecule has 0 spiro atoms. The summed E-state index contributed by atoms with van der Waals surface area (Å²) in [5.41, 5.74) is 2.81. The van der Waals surface area contributed by atoms with E-state index in [4.69, 9.17) is 34.8 Å². The molecular formula is C28H23Cl3N8O. The van der Waals surface area contributed by atoms with Crippen LogP contribution < -0.4 is 15.8 Å². The quantitative estimate of drug-likeness (QED) is 0.260. The largest absolute Gasteiger partial charge is 0.369 e. The molecule has 1 saturated heterocycles. The molecule has 0 saturated carbocycles. The number of hydrogen-bond donors (Lipinski definition) is 1. The molecule has 0 aliphatic carbocycles. The van der Waals surface area contributed by atoms with E-state index in [2.05, 4.69) is 54.3 Å². The van der Waals surface area contributed by atoms with Gasteiger partial charge in [0.05, 0.1) is 21.1 Å². The number of piperazine rings is 1. The molecule has 1 aliphatic heterocycles. The predicted molar refractivity (Wildman–Crippen MR) is 161 cm³/mol. The van der Waals surface area contributed by atoms with E-state index in [1.54, 1.807) is 36.4 Å². The highest BCUT2D eigenvalue weighted by Gasteiger charge is 2.20. The van der Waals surface area contributed by atoms with E-state index in [-0.39, 0.29) is 26.3 Å². The van der Waals surface area contributed by atoms with Gasteiger partial charge < -0.3 is 15.1 Å². The van der Waals surface area contributed by atoms with E-state index in [0.717, 1.165) is 42.2 Å². The summed E-state index contributed by atoms with van der Waals surface area (Å²) in [6, 6.07) is 18.2. The van der Waals surface area contributed by atoms with Crippen molar-refractivity contribution in [2.24, 2.45) is 0 Å². The highest BCUT2D eigenvalue weighted by atomic mass is 35.5. The fraction of sp³-hybridized carbons (Fsp3) is 0.179. The smallest absolute Gasteiger partial charge is 0.282 e. The Morgan fingerprint density at radius 2 is 1.55 bits per heavy atom. The number of halogens is 3. The molecule has 6 rings (SSSR count). The van der Waals surface area contributed by atoms with E-state index in [1.807, 2.05) is 12.1 Å². The van der Waals surface area contributed by atoms with Crippen molar-refractivity contribution < 1.29 is 0 Å². The molecule has 40 heavy (non-hydrogen) atoms. The molecule has 1 aliphatic rings. The Labute approximate surface area is 245 Å². The summed E-state index contributed by atoms with van der Waals surface area (Å²) in [7, 11) is 2.14. The molecule has 3 aromatic heterocycles. The maximum absolute atomic E-state index is 13.6. The Morgan fingerprint density at radius 1 is 0.850 bits per heavy atom. The minimum atomic E-state index is -0.473. The van der Waals surface area contributed by atoms with Crippen LogP contribution >= 0.6 is 34.8 Å². The van der Waals surface area contributed by atoms with Gasteiger partial charge in [0.25, 0.3) is 5.56 Å². The predicted octanol–water partition coefficient (Wildman–Crippen LogP) is 5.69. The lowest BCUT2D eigenvalue weighted by Gasteiger charge is -2.34. The maximum Gasteiger partial charge on any atom is 0.282 e. The third kappa shape index (κ3) is 5.21. The molecule has 0 unspecified atom stereocenters. The summed E-state index contributed by atoms with van der Waals surface area (Å²) in [5.74, 6) is 0.304. The zero-order valence-corrected chi connectivity index (χ0v) is 23.6. The Balaban J connectivity index is 1.41. The summed E-state index contributed by atoms with van der Waals surface area (Å²) in [5, 5.41) is 8.87. The number of anilines is 3. The molecule has 1 fully saturated rings. The molecule has 0 amide bonds. The molecule has 0 radical (unpaired) electrons. The van der Waals surface area contributed by atoms with Crippen LogP contribution in [0.15, 0.2) is 71.7 Å². The molecule has 4 heterocycles. The van der Waals surface area contributed by atoms with Gasteiger partial charge in [-0.15, -0.1) is 0 Å². The number of fused-ring (bicyclic) bond motifs is 1. The Kier molecular flexibility index (Phi) is 7.29. The lowest BCUT2D eigenvalue weighted by molar-refractivity contribution is 0.313. The summed E-state index contributed by atoms with van der Waals surface area (Å²) >= 11 is 19.1. The minimum Gasteiger partial charge on any atom is -0.369 e. The van der Waals surface area contributed by atoms with Gasteiger partial charge in [-0.25, -0.2) is 15.0 Å². The molecule has 202 valence electrons. The topological polar surface area (TPSA) is 92.1 Å². The number of nitrogens with one attached hydrogen (secondary N) is 1. The lowest BCUT2D eigenvalue weighted by atomic mass is 10.2. The van der Waals surface area contributed by atoms with Crippen molar-refractivity contribution in [2.75, 3.05) is 43.4 Å². The van der Waals surface area contributed by atoms with Gasteiger partial charge >= 0.3 is 0 Å². The van der Waals surface area contributed by atoms with E-state index >= 15 is 0 Å². The van der Waals surface area contributed by atoms with Gasteiger partial charge in [-0.3, -0.25) is 4.79 Å². The van der Waals surface area contributed by atoms with Crippen LogP contribution in [0.25, 0.3) is 28.0 Å². The van der Waals surface area contributed by atoms with Gasteiger partial charge in [0.2, 0.25) is 5.95 Å². The number of benzene rings is 2. The zero-order chi connectivity index (χ0) is 27.8.